The molecule has 0 heterocycles. The van der Waals surface area contributed by atoms with Crippen LogP contribution in [0.25, 0.3) is 0 Å². The predicted octanol–water partition coefficient (Wildman–Crippen LogP) is 2.65. The molecule has 0 bridgehead atoms. The molecule has 2 saturated carbocycles. The first-order valence-corrected chi connectivity index (χ1v) is 5.19. The van der Waals surface area contributed by atoms with Gasteiger partial charge in [0.15, 0.2) is 0 Å². The highest BCUT2D eigenvalue weighted by Gasteiger charge is 2.47. The summed E-state index contributed by atoms with van der Waals surface area (Å²) in [4.78, 5) is 11.6. The van der Waals surface area contributed by atoms with E-state index in [2.05, 4.69) is 13.8 Å². The van der Waals surface area contributed by atoms with Gasteiger partial charge in [-0.2, -0.15) is 0 Å². The van der Waals surface area contributed by atoms with Crippen LogP contribution in [0.15, 0.2) is 0 Å². The van der Waals surface area contributed by atoms with E-state index in [1.165, 1.54) is 19.3 Å². The summed E-state index contributed by atoms with van der Waals surface area (Å²) >= 11 is 0. The fraction of sp³-hybridized carbons (Fsp3) is 0.909. The van der Waals surface area contributed by atoms with Gasteiger partial charge in [-0.15, -0.1) is 0 Å². The summed E-state index contributed by atoms with van der Waals surface area (Å²) in [6, 6.07) is 0. The minimum Gasteiger partial charge on any atom is -0.299 e. The topological polar surface area (TPSA) is 17.1 Å². The van der Waals surface area contributed by atoms with Crippen molar-refractivity contribution in [1.29, 1.82) is 0 Å². The molecule has 2 aliphatic carbocycles. The fourth-order valence-corrected chi connectivity index (χ4v) is 2.55. The van der Waals surface area contributed by atoms with Gasteiger partial charge in [-0.05, 0) is 37.0 Å². The highest BCUT2D eigenvalue weighted by Crippen LogP contribution is 2.54. The maximum atomic E-state index is 11.6. The monoisotopic (exact) mass is 166 g/mol. The minimum absolute atomic E-state index is 0.455. The molecule has 68 valence electrons. The molecule has 0 radical (unpaired) electrons. The first kappa shape index (κ1) is 8.28. The highest BCUT2D eigenvalue weighted by atomic mass is 16.1. The Kier molecular flexibility index (Phi) is 1.97. The zero-order valence-electron chi connectivity index (χ0n) is 8.05. The molecule has 2 atom stereocenters. The molecule has 1 nitrogen and oxygen atoms in total. The number of fused-ring (bicyclic) bond motifs is 1. The van der Waals surface area contributed by atoms with Gasteiger partial charge < -0.3 is 0 Å². The number of ketones is 1. The molecule has 0 N–H and O–H groups in total. The van der Waals surface area contributed by atoms with Gasteiger partial charge in [0.25, 0.3) is 0 Å². The Morgan fingerprint density at radius 3 is 2.33 bits per heavy atom. The molecule has 0 amide bonds. The Bertz CT molecular complexity index is 185. The number of Topliss-reactive ketones (excluding diaryl/α,β-unsaturated/α-hetero) is 1. The number of hydrogen-bond donors (Lipinski definition) is 0. The van der Waals surface area contributed by atoms with Crippen LogP contribution in [0.5, 0.6) is 0 Å². The van der Waals surface area contributed by atoms with Crippen LogP contribution in [-0.4, -0.2) is 5.78 Å². The summed E-state index contributed by atoms with van der Waals surface area (Å²) in [5.74, 6) is 3.44. The molecular weight excluding hydrogens is 148 g/mol. The summed E-state index contributed by atoms with van der Waals surface area (Å²) in [6.45, 7) is 4.27. The normalized spacial score (nSPS) is 38.4. The molecule has 2 rings (SSSR count). The third kappa shape index (κ3) is 1.55. The van der Waals surface area contributed by atoms with Crippen molar-refractivity contribution < 1.29 is 4.79 Å². The van der Waals surface area contributed by atoms with E-state index >= 15 is 0 Å². The van der Waals surface area contributed by atoms with Crippen molar-refractivity contribution in [3.8, 4) is 0 Å². The summed E-state index contributed by atoms with van der Waals surface area (Å²) in [5.41, 5.74) is 0. The van der Waals surface area contributed by atoms with Gasteiger partial charge in [-0.3, -0.25) is 4.79 Å². The van der Waals surface area contributed by atoms with Gasteiger partial charge in [0.2, 0.25) is 0 Å². The Labute approximate surface area is 74.5 Å². The lowest BCUT2D eigenvalue weighted by molar-refractivity contribution is -0.123. The van der Waals surface area contributed by atoms with Crippen LogP contribution in [0, 0.1) is 23.7 Å². The highest BCUT2D eigenvalue weighted by molar-refractivity contribution is 5.81. The molecule has 1 heteroatoms. The lowest BCUT2D eigenvalue weighted by Crippen LogP contribution is -2.14. The first-order chi connectivity index (χ1) is 5.66. The van der Waals surface area contributed by atoms with E-state index < -0.39 is 0 Å². The average Bonchev–Trinajstić information content (AvgIpc) is 2.57. The second kappa shape index (κ2) is 2.86. The Balaban J connectivity index is 1.81. The molecule has 0 aromatic rings. The van der Waals surface area contributed by atoms with Crippen LogP contribution in [0.3, 0.4) is 0 Å². The van der Waals surface area contributed by atoms with Crippen LogP contribution < -0.4 is 0 Å². The van der Waals surface area contributed by atoms with Crippen LogP contribution in [0.2, 0.25) is 0 Å². The van der Waals surface area contributed by atoms with Crippen molar-refractivity contribution in [3.05, 3.63) is 0 Å². The molecule has 0 aromatic heterocycles. The average molecular weight is 166 g/mol. The van der Waals surface area contributed by atoms with Crippen LogP contribution in [-0.2, 0) is 4.79 Å². The molecule has 0 saturated heterocycles. The van der Waals surface area contributed by atoms with Crippen molar-refractivity contribution >= 4 is 5.78 Å². The van der Waals surface area contributed by atoms with Gasteiger partial charge in [-0.1, -0.05) is 13.8 Å². The first-order valence-electron chi connectivity index (χ1n) is 5.19. The van der Waals surface area contributed by atoms with Crippen LogP contribution in [0.4, 0.5) is 0 Å². The summed E-state index contributed by atoms with van der Waals surface area (Å²) in [7, 11) is 0. The van der Waals surface area contributed by atoms with Gasteiger partial charge in [0.05, 0.1) is 0 Å². The Morgan fingerprint density at radius 1 is 1.25 bits per heavy atom. The second-order valence-corrected chi connectivity index (χ2v) is 4.99. The number of carbonyl (C=O) groups excluding carboxylic acids is 1. The Morgan fingerprint density at radius 2 is 1.83 bits per heavy atom. The van der Waals surface area contributed by atoms with E-state index in [0.717, 1.165) is 18.3 Å². The van der Waals surface area contributed by atoms with Gasteiger partial charge in [0.1, 0.15) is 5.78 Å². The maximum absolute atomic E-state index is 11.6. The van der Waals surface area contributed by atoms with Crippen molar-refractivity contribution in [2.75, 3.05) is 0 Å². The lowest BCUT2D eigenvalue weighted by Gasteiger charge is -2.11. The van der Waals surface area contributed by atoms with Crippen LogP contribution >= 0.6 is 0 Å². The largest absolute Gasteiger partial charge is 0.299 e. The summed E-state index contributed by atoms with van der Waals surface area (Å²) < 4.78 is 0. The molecule has 2 aliphatic rings. The van der Waals surface area contributed by atoms with E-state index in [-0.39, 0.29) is 0 Å². The molecule has 12 heavy (non-hydrogen) atoms. The fourth-order valence-electron chi connectivity index (χ4n) is 2.55. The van der Waals surface area contributed by atoms with E-state index in [1.54, 1.807) is 0 Å². The summed E-state index contributed by atoms with van der Waals surface area (Å²) in [5, 5.41) is 0. The standard InChI is InChI=1S/C11H18O/c1-7(2)3-11(12)10-5-8-4-9(8)6-10/h7-10H,3-6H2,1-2H3. The van der Waals surface area contributed by atoms with Crippen LogP contribution in [0.1, 0.15) is 39.5 Å². The minimum atomic E-state index is 0.455. The zero-order chi connectivity index (χ0) is 8.72. The number of rotatable bonds is 3. The SMILES string of the molecule is CC(C)CC(=O)C1CC2CC2C1. The third-order valence-corrected chi connectivity index (χ3v) is 3.31. The van der Waals surface area contributed by atoms with Crippen molar-refractivity contribution in [1.82, 2.24) is 0 Å². The number of carbonyl (C=O) groups is 1. The molecular formula is C11H18O. The molecule has 2 fully saturated rings. The van der Waals surface area contributed by atoms with E-state index in [1.807, 2.05) is 0 Å². The third-order valence-electron chi connectivity index (χ3n) is 3.31. The lowest BCUT2D eigenvalue weighted by atomic mass is 9.92. The van der Waals surface area contributed by atoms with Gasteiger partial charge in [-0.25, -0.2) is 0 Å². The molecule has 2 unspecified atom stereocenters. The zero-order valence-corrected chi connectivity index (χ0v) is 8.05. The number of hydrogen-bond acceptors (Lipinski definition) is 1. The quantitative estimate of drug-likeness (QED) is 0.630. The molecule has 0 aliphatic heterocycles. The molecule has 0 aromatic carbocycles. The van der Waals surface area contributed by atoms with Gasteiger partial charge in [0, 0.05) is 12.3 Å². The van der Waals surface area contributed by atoms with Crippen molar-refractivity contribution in [2.24, 2.45) is 23.7 Å². The second-order valence-electron chi connectivity index (χ2n) is 4.99. The van der Waals surface area contributed by atoms with Gasteiger partial charge >= 0.3 is 0 Å². The smallest absolute Gasteiger partial charge is 0.136 e. The van der Waals surface area contributed by atoms with E-state index in [9.17, 15) is 4.79 Å². The van der Waals surface area contributed by atoms with Crippen molar-refractivity contribution in [3.63, 3.8) is 0 Å². The summed E-state index contributed by atoms with van der Waals surface area (Å²) in [6.07, 6.45) is 4.67. The maximum Gasteiger partial charge on any atom is 0.136 e. The van der Waals surface area contributed by atoms with E-state index in [0.29, 0.717) is 17.6 Å². The Hall–Kier alpha value is -0.330. The van der Waals surface area contributed by atoms with E-state index in [4.69, 9.17) is 0 Å². The molecule has 0 spiro atoms. The predicted molar refractivity (Wildman–Crippen MR) is 48.8 cm³/mol. The van der Waals surface area contributed by atoms with Crippen molar-refractivity contribution in [2.45, 2.75) is 39.5 Å².